The summed E-state index contributed by atoms with van der Waals surface area (Å²) in [7, 11) is 3.35. The van der Waals surface area contributed by atoms with Gasteiger partial charge in [-0.1, -0.05) is 24.3 Å². The molecule has 1 unspecified atom stereocenters. The lowest BCUT2D eigenvalue weighted by molar-refractivity contribution is 0.408. The van der Waals surface area contributed by atoms with Gasteiger partial charge < -0.3 is 9.47 Å². The van der Waals surface area contributed by atoms with Gasteiger partial charge in [-0.15, -0.1) is 11.6 Å². The lowest BCUT2D eigenvalue weighted by Gasteiger charge is -2.16. The molecule has 0 saturated carbocycles. The molecule has 0 bridgehead atoms. The maximum absolute atomic E-state index is 6.60. The lowest BCUT2D eigenvalue weighted by Crippen LogP contribution is -1.98. The van der Waals surface area contributed by atoms with E-state index in [2.05, 4.69) is 12.1 Å². The molecule has 106 valence electrons. The number of hydrogen-bond donors (Lipinski definition) is 0. The summed E-state index contributed by atoms with van der Waals surface area (Å²) in [6.45, 7) is 4.06. The maximum Gasteiger partial charge on any atom is 0.124 e. The quantitative estimate of drug-likeness (QED) is 0.763. The van der Waals surface area contributed by atoms with Crippen LogP contribution in [0.1, 0.15) is 27.6 Å². The van der Waals surface area contributed by atoms with E-state index in [0.717, 1.165) is 33.8 Å². The highest BCUT2D eigenvalue weighted by atomic mass is 35.5. The van der Waals surface area contributed by atoms with Crippen molar-refractivity contribution in [3.8, 4) is 11.5 Å². The van der Waals surface area contributed by atoms with Crippen molar-refractivity contribution in [1.29, 1.82) is 0 Å². The van der Waals surface area contributed by atoms with Crippen LogP contribution in [0.25, 0.3) is 0 Å². The standard InChI is InChI=1S/C17H19ClO2/c1-11-8-14(9-12(2)17(11)20-4)16(18)13-6-5-7-15(10-13)19-3/h5-10,16H,1-4H3. The van der Waals surface area contributed by atoms with Gasteiger partial charge in [-0.3, -0.25) is 0 Å². The van der Waals surface area contributed by atoms with Gasteiger partial charge in [0.1, 0.15) is 11.5 Å². The Balaban J connectivity index is 2.40. The number of benzene rings is 2. The van der Waals surface area contributed by atoms with Gasteiger partial charge in [0, 0.05) is 0 Å². The number of methoxy groups -OCH3 is 2. The van der Waals surface area contributed by atoms with Crippen LogP contribution in [0, 0.1) is 13.8 Å². The molecule has 0 amide bonds. The lowest BCUT2D eigenvalue weighted by atomic mass is 9.99. The second-order valence-electron chi connectivity index (χ2n) is 4.83. The van der Waals surface area contributed by atoms with Crippen LogP contribution in [0.3, 0.4) is 0 Å². The van der Waals surface area contributed by atoms with Gasteiger partial charge in [0.15, 0.2) is 0 Å². The molecule has 1 atom stereocenters. The first-order chi connectivity index (χ1) is 9.56. The molecule has 0 spiro atoms. The number of alkyl halides is 1. The Bertz CT molecular complexity index is 585. The smallest absolute Gasteiger partial charge is 0.124 e. The molecule has 0 heterocycles. The molecule has 0 radical (unpaired) electrons. The van der Waals surface area contributed by atoms with Crippen LogP contribution in [0.4, 0.5) is 0 Å². The van der Waals surface area contributed by atoms with E-state index in [1.807, 2.05) is 38.1 Å². The van der Waals surface area contributed by atoms with E-state index in [-0.39, 0.29) is 5.38 Å². The summed E-state index contributed by atoms with van der Waals surface area (Å²) in [6, 6.07) is 12.0. The van der Waals surface area contributed by atoms with Gasteiger partial charge in [0.2, 0.25) is 0 Å². The van der Waals surface area contributed by atoms with Gasteiger partial charge in [0.25, 0.3) is 0 Å². The molecule has 0 fully saturated rings. The Kier molecular flexibility index (Phi) is 4.56. The summed E-state index contributed by atoms with van der Waals surface area (Å²) in [5, 5.41) is -0.201. The molecule has 2 aromatic carbocycles. The average molecular weight is 291 g/mol. The molecular formula is C17H19ClO2. The summed E-state index contributed by atoms with van der Waals surface area (Å²) < 4.78 is 10.6. The van der Waals surface area contributed by atoms with E-state index < -0.39 is 0 Å². The van der Waals surface area contributed by atoms with Crippen molar-refractivity contribution in [2.24, 2.45) is 0 Å². The molecule has 0 aromatic heterocycles. The third kappa shape index (κ3) is 2.91. The Morgan fingerprint density at radius 3 is 2.10 bits per heavy atom. The van der Waals surface area contributed by atoms with E-state index in [0.29, 0.717) is 0 Å². The molecule has 2 rings (SSSR count). The molecular weight excluding hydrogens is 272 g/mol. The highest BCUT2D eigenvalue weighted by Crippen LogP contribution is 2.34. The molecule has 2 nitrogen and oxygen atoms in total. The molecule has 2 aromatic rings. The van der Waals surface area contributed by atoms with E-state index in [9.17, 15) is 0 Å². The van der Waals surface area contributed by atoms with Crippen LogP contribution in [0.2, 0.25) is 0 Å². The molecule has 3 heteroatoms. The minimum atomic E-state index is -0.201. The van der Waals surface area contributed by atoms with Crippen LogP contribution in [-0.4, -0.2) is 14.2 Å². The predicted molar refractivity (Wildman–Crippen MR) is 83.2 cm³/mol. The Hall–Kier alpha value is -1.67. The van der Waals surface area contributed by atoms with Crippen molar-refractivity contribution < 1.29 is 9.47 Å². The van der Waals surface area contributed by atoms with Crippen molar-refractivity contribution in [3.05, 3.63) is 58.7 Å². The zero-order valence-electron chi connectivity index (χ0n) is 12.2. The zero-order chi connectivity index (χ0) is 14.7. The minimum absolute atomic E-state index is 0.201. The molecule has 0 N–H and O–H groups in total. The first-order valence-electron chi connectivity index (χ1n) is 6.50. The number of hydrogen-bond acceptors (Lipinski definition) is 2. The normalized spacial score (nSPS) is 12.1. The largest absolute Gasteiger partial charge is 0.497 e. The van der Waals surface area contributed by atoms with Gasteiger partial charge >= 0.3 is 0 Å². The maximum atomic E-state index is 6.60. The van der Waals surface area contributed by atoms with Crippen molar-refractivity contribution in [3.63, 3.8) is 0 Å². The van der Waals surface area contributed by atoms with E-state index in [4.69, 9.17) is 21.1 Å². The van der Waals surface area contributed by atoms with Gasteiger partial charge in [-0.25, -0.2) is 0 Å². The van der Waals surface area contributed by atoms with E-state index >= 15 is 0 Å². The van der Waals surface area contributed by atoms with Crippen molar-refractivity contribution in [1.82, 2.24) is 0 Å². The monoisotopic (exact) mass is 290 g/mol. The van der Waals surface area contributed by atoms with Crippen molar-refractivity contribution in [2.45, 2.75) is 19.2 Å². The molecule has 0 aliphatic carbocycles. The fraction of sp³-hybridized carbons (Fsp3) is 0.294. The Labute approximate surface area is 125 Å². The Morgan fingerprint density at radius 2 is 1.55 bits per heavy atom. The summed E-state index contributed by atoms with van der Waals surface area (Å²) in [6.07, 6.45) is 0. The van der Waals surface area contributed by atoms with Gasteiger partial charge in [-0.2, -0.15) is 0 Å². The topological polar surface area (TPSA) is 18.5 Å². The van der Waals surface area contributed by atoms with Crippen LogP contribution in [0.15, 0.2) is 36.4 Å². The second-order valence-corrected chi connectivity index (χ2v) is 5.26. The van der Waals surface area contributed by atoms with Crippen LogP contribution < -0.4 is 9.47 Å². The molecule has 0 saturated heterocycles. The summed E-state index contributed by atoms with van der Waals surface area (Å²) in [4.78, 5) is 0. The number of halogens is 1. The number of ether oxygens (including phenoxy) is 2. The zero-order valence-corrected chi connectivity index (χ0v) is 13.0. The van der Waals surface area contributed by atoms with E-state index in [1.165, 1.54) is 0 Å². The third-order valence-corrected chi connectivity index (χ3v) is 3.87. The minimum Gasteiger partial charge on any atom is -0.497 e. The van der Waals surface area contributed by atoms with E-state index in [1.54, 1.807) is 14.2 Å². The summed E-state index contributed by atoms with van der Waals surface area (Å²) in [5.41, 5.74) is 4.28. The van der Waals surface area contributed by atoms with Crippen LogP contribution >= 0.6 is 11.6 Å². The van der Waals surface area contributed by atoms with Gasteiger partial charge in [-0.05, 0) is 48.2 Å². The Morgan fingerprint density at radius 1 is 0.900 bits per heavy atom. The highest BCUT2D eigenvalue weighted by molar-refractivity contribution is 6.22. The second kappa shape index (κ2) is 6.19. The van der Waals surface area contributed by atoms with Crippen LogP contribution in [0.5, 0.6) is 11.5 Å². The fourth-order valence-electron chi connectivity index (χ4n) is 2.44. The first kappa shape index (κ1) is 14.7. The first-order valence-corrected chi connectivity index (χ1v) is 6.93. The summed E-state index contributed by atoms with van der Waals surface area (Å²) in [5.74, 6) is 1.73. The summed E-state index contributed by atoms with van der Waals surface area (Å²) >= 11 is 6.60. The molecule has 0 aliphatic rings. The van der Waals surface area contributed by atoms with Gasteiger partial charge in [0.05, 0.1) is 19.6 Å². The fourth-order valence-corrected chi connectivity index (χ4v) is 2.71. The number of rotatable bonds is 4. The number of aryl methyl sites for hydroxylation is 2. The molecule has 20 heavy (non-hydrogen) atoms. The average Bonchev–Trinajstić information content (AvgIpc) is 2.46. The van der Waals surface area contributed by atoms with Crippen LogP contribution in [-0.2, 0) is 0 Å². The third-order valence-electron chi connectivity index (χ3n) is 3.37. The SMILES string of the molecule is COc1cccc(C(Cl)c2cc(C)c(OC)c(C)c2)c1. The van der Waals surface area contributed by atoms with Crippen molar-refractivity contribution >= 4 is 11.6 Å². The highest BCUT2D eigenvalue weighted by Gasteiger charge is 2.14. The molecule has 0 aliphatic heterocycles. The predicted octanol–water partition coefficient (Wildman–Crippen LogP) is 4.65. The van der Waals surface area contributed by atoms with Crippen molar-refractivity contribution in [2.75, 3.05) is 14.2 Å².